The molecule has 0 saturated heterocycles. The topological polar surface area (TPSA) is 71.8 Å². The van der Waals surface area contributed by atoms with Gasteiger partial charge in [-0.05, 0) is 25.0 Å². The van der Waals surface area contributed by atoms with Crippen molar-refractivity contribution in [1.29, 1.82) is 0 Å². The van der Waals surface area contributed by atoms with E-state index in [0.717, 1.165) is 37.7 Å². The van der Waals surface area contributed by atoms with Crippen LogP contribution in [0.4, 0.5) is 0 Å². The van der Waals surface area contributed by atoms with Gasteiger partial charge in [0, 0.05) is 18.0 Å². The maximum absolute atomic E-state index is 12.5. The Morgan fingerprint density at radius 1 is 1.48 bits per heavy atom. The molecule has 0 bridgehead atoms. The number of thioether (sulfide) groups is 1. The van der Waals surface area contributed by atoms with Crippen LogP contribution in [0, 0.1) is 6.92 Å². The van der Waals surface area contributed by atoms with E-state index in [1.807, 2.05) is 0 Å². The van der Waals surface area contributed by atoms with E-state index in [9.17, 15) is 4.79 Å². The van der Waals surface area contributed by atoms with E-state index in [-0.39, 0.29) is 11.2 Å². The van der Waals surface area contributed by atoms with Crippen LogP contribution in [0.2, 0.25) is 0 Å². The number of aryl methyl sites for hydroxylation is 1. The number of fused-ring (bicyclic) bond motifs is 2. The van der Waals surface area contributed by atoms with Crippen LogP contribution in [0.25, 0.3) is 0 Å². The van der Waals surface area contributed by atoms with Crippen LogP contribution in [0.3, 0.4) is 0 Å². The third-order valence-electron chi connectivity index (χ3n) is 4.30. The molecule has 23 heavy (non-hydrogen) atoms. The SMILES string of the molecule is Cc1ccc2c(c1)CC(C(=O)NCc1nnc3n1CCNC3)S2. The highest BCUT2D eigenvalue weighted by atomic mass is 32.2. The van der Waals surface area contributed by atoms with Gasteiger partial charge in [0.15, 0.2) is 5.82 Å². The second-order valence-corrected chi connectivity index (χ2v) is 7.25. The normalized spacial score (nSPS) is 19.3. The van der Waals surface area contributed by atoms with Gasteiger partial charge in [-0.25, -0.2) is 0 Å². The summed E-state index contributed by atoms with van der Waals surface area (Å²) in [6.45, 7) is 5.05. The lowest BCUT2D eigenvalue weighted by Crippen LogP contribution is -2.34. The maximum atomic E-state index is 12.5. The lowest BCUT2D eigenvalue weighted by atomic mass is 10.1. The van der Waals surface area contributed by atoms with Crippen molar-refractivity contribution in [2.45, 2.75) is 43.1 Å². The van der Waals surface area contributed by atoms with Crippen molar-refractivity contribution in [2.24, 2.45) is 0 Å². The standard InChI is InChI=1S/C16H19N5OS/c1-10-2-3-12-11(6-10)7-13(23-12)16(22)18-9-15-20-19-14-8-17-4-5-21(14)15/h2-3,6,13,17H,4-5,7-9H2,1H3,(H,18,22). The van der Waals surface area contributed by atoms with Gasteiger partial charge in [0.05, 0.1) is 18.3 Å². The zero-order valence-electron chi connectivity index (χ0n) is 13.0. The summed E-state index contributed by atoms with van der Waals surface area (Å²) in [7, 11) is 0. The molecule has 3 heterocycles. The summed E-state index contributed by atoms with van der Waals surface area (Å²) in [5.74, 6) is 1.86. The van der Waals surface area contributed by atoms with E-state index in [2.05, 4.69) is 50.5 Å². The van der Waals surface area contributed by atoms with E-state index in [0.29, 0.717) is 6.54 Å². The quantitative estimate of drug-likeness (QED) is 0.880. The first-order valence-electron chi connectivity index (χ1n) is 7.86. The minimum absolute atomic E-state index is 0.0442. The highest BCUT2D eigenvalue weighted by Gasteiger charge is 2.28. The Morgan fingerprint density at radius 2 is 2.39 bits per heavy atom. The minimum atomic E-state index is -0.0442. The molecule has 0 spiro atoms. The summed E-state index contributed by atoms with van der Waals surface area (Å²) in [5, 5.41) is 14.6. The predicted molar refractivity (Wildman–Crippen MR) is 88.1 cm³/mol. The molecule has 1 aromatic carbocycles. The molecule has 1 unspecified atom stereocenters. The molecule has 1 amide bonds. The molecule has 0 radical (unpaired) electrons. The number of rotatable bonds is 3. The number of nitrogens with zero attached hydrogens (tertiary/aromatic N) is 3. The van der Waals surface area contributed by atoms with E-state index in [4.69, 9.17) is 0 Å². The van der Waals surface area contributed by atoms with E-state index < -0.39 is 0 Å². The number of carbonyl (C=O) groups is 1. The van der Waals surface area contributed by atoms with Gasteiger partial charge >= 0.3 is 0 Å². The second-order valence-electron chi connectivity index (χ2n) is 6.00. The number of hydrogen-bond donors (Lipinski definition) is 2. The van der Waals surface area contributed by atoms with Crippen molar-refractivity contribution in [3.8, 4) is 0 Å². The van der Waals surface area contributed by atoms with Gasteiger partial charge in [-0.15, -0.1) is 22.0 Å². The molecule has 1 atom stereocenters. The van der Waals surface area contributed by atoms with Crippen LogP contribution < -0.4 is 10.6 Å². The Balaban J connectivity index is 1.39. The fourth-order valence-corrected chi connectivity index (χ4v) is 4.29. The summed E-state index contributed by atoms with van der Waals surface area (Å²) in [4.78, 5) is 13.7. The molecule has 2 aliphatic heterocycles. The van der Waals surface area contributed by atoms with Crippen LogP contribution in [0.5, 0.6) is 0 Å². The van der Waals surface area contributed by atoms with Gasteiger partial charge in [0.25, 0.3) is 0 Å². The third-order valence-corrected chi connectivity index (χ3v) is 5.62. The third kappa shape index (κ3) is 2.86. The predicted octanol–water partition coefficient (Wildman–Crippen LogP) is 1.02. The number of benzene rings is 1. The number of amides is 1. The molecule has 6 nitrogen and oxygen atoms in total. The number of carbonyl (C=O) groups excluding carboxylic acids is 1. The van der Waals surface area contributed by atoms with Crippen LogP contribution >= 0.6 is 11.8 Å². The zero-order chi connectivity index (χ0) is 15.8. The highest BCUT2D eigenvalue weighted by molar-refractivity contribution is 8.01. The molecule has 0 saturated carbocycles. The first-order chi connectivity index (χ1) is 11.2. The summed E-state index contributed by atoms with van der Waals surface area (Å²) in [5.41, 5.74) is 2.52. The Kier molecular flexibility index (Phi) is 3.82. The molecule has 2 aromatic rings. The summed E-state index contributed by atoms with van der Waals surface area (Å²) >= 11 is 1.65. The van der Waals surface area contributed by atoms with Crippen molar-refractivity contribution in [3.05, 3.63) is 41.0 Å². The monoisotopic (exact) mass is 329 g/mol. The van der Waals surface area contributed by atoms with Crippen LogP contribution in [0.1, 0.15) is 22.8 Å². The van der Waals surface area contributed by atoms with Crippen LogP contribution in [-0.2, 0) is 30.8 Å². The first-order valence-corrected chi connectivity index (χ1v) is 8.74. The Morgan fingerprint density at radius 3 is 3.30 bits per heavy atom. The second kappa shape index (κ2) is 5.98. The average molecular weight is 329 g/mol. The van der Waals surface area contributed by atoms with Crippen molar-refractivity contribution in [3.63, 3.8) is 0 Å². The van der Waals surface area contributed by atoms with E-state index in [1.165, 1.54) is 16.0 Å². The van der Waals surface area contributed by atoms with E-state index in [1.54, 1.807) is 11.8 Å². The average Bonchev–Trinajstić information content (AvgIpc) is 3.16. The molecule has 2 N–H and O–H groups in total. The van der Waals surface area contributed by atoms with Gasteiger partial charge in [-0.3, -0.25) is 4.79 Å². The van der Waals surface area contributed by atoms with E-state index >= 15 is 0 Å². The number of aromatic nitrogens is 3. The molecule has 1 aromatic heterocycles. The van der Waals surface area contributed by atoms with Crippen LogP contribution in [0.15, 0.2) is 23.1 Å². The maximum Gasteiger partial charge on any atom is 0.234 e. The number of hydrogen-bond acceptors (Lipinski definition) is 5. The van der Waals surface area contributed by atoms with Crippen molar-refractivity contribution in [2.75, 3.05) is 6.54 Å². The minimum Gasteiger partial charge on any atom is -0.348 e. The lowest BCUT2D eigenvalue weighted by Gasteiger charge is -2.16. The Labute approximate surface area is 139 Å². The molecular weight excluding hydrogens is 310 g/mol. The van der Waals surface area contributed by atoms with Crippen molar-refractivity contribution >= 4 is 17.7 Å². The zero-order valence-corrected chi connectivity index (χ0v) is 13.8. The van der Waals surface area contributed by atoms with Crippen molar-refractivity contribution in [1.82, 2.24) is 25.4 Å². The van der Waals surface area contributed by atoms with Gasteiger partial charge in [0.1, 0.15) is 5.82 Å². The Hall–Kier alpha value is -1.86. The van der Waals surface area contributed by atoms with Crippen LogP contribution in [-0.4, -0.2) is 32.5 Å². The molecule has 2 aliphatic rings. The lowest BCUT2D eigenvalue weighted by molar-refractivity contribution is -0.120. The first kappa shape index (κ1) is 14.7. The molecule has 0 aliphatic carbocycles. The largest absolute Gasteiger partial charge is 0.348 e. The fourth-order valence-electron chi connectivity index (χ4n) is 3.09. The van der Waals surface area contributed by atoms with Gasteiger partial charge in [-0.1, -0.05) is 17.7 Å². The summed E-state index contributed by atoms with van der Waals surface area (Å²) < 4.78 is 2.09. The molecule has 120 valence electrons. The fraction of sp³-hybridized carbons (Fsp3) is 0.438. The molecular formula is C16H19N5OS. The highest BCUT2D eigenvalue weighted by Crippen LogP contribution is 2.37. The van der Waals surface area contributed by atoms with Gasteiger partial charge in [0.2, 0.25) is 5.91 Å². The van der Waals surface area contributed by atoms with Gasteiger partial charge in [-0.2, -0.15) is 0 Å². The van der Waals surface area contributed by atoms with Gasteiger partial charge < -0.3 is 15.2 Å². The summed E-state index contributed by atoms with van der Waals surface area (Å²) in [6, 6.07) is 6.39. The Bertz CT molecular complexity index is 757. The number of nitrogens with one attached hydrogen (secondary N) is 2. The molecule has 7 heteroatoms. The summed E-state index contributed by atoms with van der Waals surface area (Å²) in [6.07, 6.45) is 0.801. The van der Waals surface area contributed by atoms with Crippen molar-refractivity contribution < 1.29 is 4.79 Å². The smallest absolute Gasteiger partial charge is 0.234 e. The molecule has 4 rings (SSSR count). The molecule has 0 fully saturated rings.